The Morgan fingerprint density at radius 3 is 2.68 bits per heavy atom. The predicted octanol–water partition coefficient (Wildman–Crippen LogP) is 2.90. The molecule has 5 nitrogen and oxygen atoms in total. The van der Waals surface area contributed by atoms with Crippen molar-refractivity contribution in [1.29, 1.82) is 0 Å². The number of rotatable bonds is 8. The average Bonchev–Trinajstić information content (AvgIpc) is 2.37. The normalized spacial score (nSPS) is 15.2. The summed E-state index contributed by atoms with van der Waals surface area (Å²) in [6, 6.07) is 7.73. The topological polar surface area (TPSA) is 75.6 Å². The number of carbonyl (C=O) groups is 1. The fraction of sp³-hybridized carbons (Fsp3) is 0.308. The molecule has 0 aliphatic rings. The van der Waals surface area contributed by atoms with E-state index in [1.54, 1.807) is 30.3 Å². The number of aliphatic carboxylic acids is 1. The Balaban J connectivity index is 2.83. The van der Waals surface area contributed by atoms with Crippen molar-refractivity contribution in [3.05, 3.63) is 43.0 Å². The molecule has 1 aromatic carbocycles. The van der Waals surface area contributed by atoms with Gasteiger partial charge in [-0.1, -0.05) is 24.3 Å². The molecule has 2 atom stereocenters. The Morgan fingerprint density at radius 2 is 2.16 bits per heavy atom. The first-order valence-electron chi connectivity index (χ1n) is 5.92. The zero-order valence-electron chi connectivity index (χ0n) is 10.8. The minimum atomic E-state index is -3.27. The van der Waals surface area contributed by atoms with Crippen molar-refractivity contribution >= 4 is 13.5 Å². The van der Waals surface area contributed by atoms with E-state index in [-0.39, 0.29) is 6.16 Å². The molecule has 0 aliphatic carbocycles. The van der Waals surface area contributed by atoms with E-state index in [9.17, 15) is 9.36 Å². The molecule has 104 valence electrons. The summed E-state index contributed by atoms with van der Waals surface area (Å²) in [6.45, 7) is 4.99. The van der Waals surface area contributed by atoms with Crippen LogP contribution in [0.3, 0.4) is 0 Å². The van der Waals surface area contributed by atoms with Gasteiger partial charge in [-0.2, -0.15) is 0 Å². The lowest BCUT2D eigenvalue weighted by Gasteiger charge is -2.22. The molecule has 0 radical (unpaired) electrons. The molecule has 0 amide bonds. The van der Waals surface area contributed by atoms with Crippen LogP contribution in [0.5, 0.6) is 5.75 Å². The molecule has 19 heavy (non-hydrogen) atoms. The third-order valence-corrected chi connectivity index (χ3v) is 4.52. The number of hydrogen-bond acceptors (Lipinski definition) is 3. The lowest BCUT2D eigenvalue weighted by Crippen LogP contribution is -2.33. The monoisotopic (exact) mass is 283 g/mol. The van der Waals surface area contributed by atoms with Crippen LogP contribution in [0.1, 0.15) is 13.3 Å². The van der Waals surface area contributed by atoms with Gasteiger partial charge in [-0.05, 0) is 25.5 Å². The highest BCUT2D eigenvalue weighted by molar-refractivity contribution is 7.57. The third-order valence-electron chi connectivity index (χ3n) is 2.38. The summed E-state index contributed by atoms with van der Waals surface area (Å²) in [5.74, 6) is -0.629. The zero-order chi connectivity index (χ0) is 14.3. The molecule has 0 saturated carbocycles. The van der Waals surface area contributed by atoms with E-state index < -0.39 is 19.5 Å². The van der Waals surface area contributed by atoms with E-state index in [1.165, 1.54) is 6.92 Å². The summed E-state index contributed by atoms with van der Waals surface area (Å²) in [4.78, 5) is 10.8. The van der Waals surface area contributed by atoms with Gasteiger partial charge in [0.2, 0.25) is 0 Å². The van der Waals surface area contributed by atoms with Crippen LogP contribution in [0.25, 0.3) is 0 Å². The molecule has 0 fully saturated rings. The Labute approximate surface area is 112 Å². The minimum Gasteiger partial charge on any atom is -0.480 e. The van der Waals surface area contributed by atoms with Crippen LogP contribution in [0.4, 0.5) is 0 Å². The summed E-state index contributed by atoms with van der Waals surface area (Å²) in [6.07, 6.45) is 2.29. The van der Waals surface area contributed by atoms with Gasteiger partial charge in [0.1, 0.15) is 11.8 Å². The Hall–Kier alpha value is -1.58. The molecule has 0 heterocycles. The number of allylic oxidation sites excluding steroid dienone is 1. The Bertz CT molecular complexity index is 475. The molecule has 1 unspecified atom stereocenters. The van der Waals surface area contributed by atoms with Gasteiger partial charge in [0, 0.05) is 0 Å². The second kappa shape index (κ2) is 7.12. The minimum absolute atomic E-state index is 0.197. The smallest absolute Gasteiger partial charge is 0.320 e. The first kappa shape index (κ1) is 15.5. The average molecular weight is 283 g/mol. The van der Waals surface area contributed by atoms with Gasteiger partial charge in [0.15, 0.2) is 0 Å². The van der Waals surface area contributed by atoms with Crippen LogP contribution in [-0.4, -0.2) is 23.3 Å². The highest BCUT2D eigenvalue weighted by atomic mass is 31.2. The van der Waals surface area contributed by atoms with Crippen LogP contribution in [0, 0.1) is 0 Å². The number of carboxylic acids is 1. The maximum atomic E-state index is 12.6. The van der Waals surface area contributed by atoms with Crippen molar-refractivity contribution in [2.24, 2.45) is 0 Å². The lowest BCUT2D eigenvalue weighted by molar-refractivity contribution is -0.138. The molecule has 1 aromatic rings. The van der Waals surface area contributed by atoms with Gasteiger partial charge in [0.25, 0.3) is 0 Å². The fourth-order valence-electron chi connectivity index (χ4n) is 1.40. The third kappa shape index (κ3) is 5.28. The lowest BCUT2D eigenvalue weighted by atomic mass is 10.3. The molecule has 0 aliphatic heterocycles. The van der Waals surface area contributed by atoms with Crippen LogP contribution >= 0.6 is 7.52 Å². The van der Waals surface area contributed by atoms with Crippen LogP contribution in [0.2, 0.25) is 0 Å². The number of hydrogen-bond donors (Lipinski definition) is 2. The summed E-state index contributed by atoms with van der Waals surface area (Å²) in [5, 5.41) is 11.4. The summed E-state index contributed by atoms with van der Waals surface area (Å²) < 4.78 is 18.1. The van der Waals surface area contributed by atoms with E-state index in [1.807, 2.05) is 6.07 Å². The molecule has 0 spiro atoms. The second-order valence-corrected chi connectivity index (χ2v) is 6.30. The van der Waals surface area contributed by atoms with Crippen molar-refractivity contribution in [1.82, 2.24) is 5.09 Å². The van der Waals surface area contributed by atoms with E-state index in [0.29, 0.717) is 12.2 Å². The Morgan fingerprint density at radius 1 is 1.53 bits per heavy atom. The maximum Gasteiger partial charge on any atom is 0.320 e. The summed E-state index contributed by atoms with van der Waals surface area (Å²) >= 11 is 0. The van der Waals surface area contributed by atoms with Crippen LogP contribution in [-0.2, 0) is 9.36 Å². The fourth-order valence-corrected chi connectivity index (χ4v) is 3.36. The summed E-state index contributed by atoms with van der Waals surface area (Å²) in [7, 11) is -3.27. The largest absolute Gasteiger partial charge is 0.480 e. The SMILES string of the molecule is C=CCCP(=O)(N[C@@H](C)C(=O)O)Oc1ccccc1. The zero-order valence-corrected chi connectivity index (χ0v) is 11.7. The van der Waals surface area contributed by atoms with Gasteiger partial charge >= 0.3 is 13.5 Å². The molecule has 1 rings (SSSR count). The Kier molecular flexibility index (Phi) is 5.80. The van der Waals surface area contributed by atoms with Gasteiger partial charge in [-0.15, -0.1) is 6.58 Å². The molecular formula is C13H18NO4P. The summed E-state index contributed by atoms with van der Waals surface area (Å²) in [5.41, 5.74) is 0. The van der Waals surface area contributed by atoms with Gasteiger partial charge in [-0.3, -0.25) is 9.36 Å². The highest BCUT2D eigenvalue weighted by Gasteiger charge is 2.28. The van der Waals surface area contributed by atoms with Crippen molar-refractivity contribution in [2.45, 2.75) is 19.4 Å². The van der Waals surface area contributed by atoms with Gasteiger partial charge < -0.3 is 9.63 Å². The predicted molar refractivity (Wildman–Crippen MR) is 74.6 cm³/mol. The van der Waals surface area contributed by atoms with E-state index in [2.05, 4.69) is 11.7 Å². The number of carboxylic acid groups (broad SMARTS) is 1. The molecule has 2 N–H and O–H groups in total. The molecule has 0 saturated heterocycles. The van der Waals surface area contributed by atoms with Crippen molar-refractivity contribution in [3.63, 3.8) is 0 Å². The number of benzene rings is 1. The number of para-hydroxylation sites is 1. The number of nitrogens with one attached hydrogen (secondary N) is 1. The van der Waals surface area contributed by atoms with Crippen molar-refractivity contribution in [3.8, 4) is 5.75 Å². The molecule has 0 bridgehead atoms. The van der Waals surface area contributed by atoms with E-state index >= 15 is 0 Å². The molecule has 6 heteroatoms. The quantitative estimate of drug-likeness (QED) is 0.566. The second-order valence-electron chi connectivity index (χ2n) is 4.07. The van der Waals surface area contributed by atoms with Crippen molar-refractivity contribution in [2.75, 3.05) is 6.16 Å². The van der Waals surface area contributed by atoms with Crippen LogP contribution < -0.4 is 9.61 Å². The highest BCUT2D eigenvalue weighted by Crippen LogP contribution is 2.44. The standard InChI is InChI=1S/C13H18NO4P/c1-3-4-10-19(17,14-11(2)13(15)16)18-12-8-6-5-7-9-12/h3,5-9,11H,1,4,10H2,2H3,(H,14,17)(H,15,16)/t11-,19?/m0/s1. The van der Waals surface area contributed by atoms with Crippen molar-refractivity contribution < 1.29 is 19.0 Å². The molecular weight excluding hydrogens is 265 g/mol. The molecule has 0 aromatic heterocycles. The van der Waals surface area contributed by atoms with Gasteiger partial charge in [-0.25, -0.2) is 5.09 Å². The maximum absolute atomic E-state index is 12.6. The first-order valence-corrected chi connectivity index (χ1v) is 7.73. The first-order chi connectivity index (χ1) is 8.97. The van der Waals surface area contributed by atoms with E-state index in [0.717, 1.165) is 0 Å². The van der Waals surface area contributed by atoms with Crippen LogP contribution in [0.15, 0.2) is 43.0 Å². The van der Waals surface area contributed by atoms with Gasteiger partial charge in [0.05, 0.1) is 6.16 Å². The van der Waals surface area contributed by atoms with E-state index in [4.69, 9.17) is 9.63 Å².